The molecule has 3 aromatic carbocycles. The van der Waals surface area contributed by atoms with Gasteiger partial charge in [0.25, 0.3) is 0 Å². The summed E-state index contributed by atoms with van der Waals surface area (Å²) >= 11 is 0. The second-order valence-corrected chi connectivity index (χ2v) is 8.89. The summed E-state index contributed by atoms with van der Waals surface area (Å²) in [5.74, 6) is -0.0800. The zero-order valence-electron chi connectivity index (χ0n) is 20.2. The van der Waals surface area contributed by atoms with Gasteiger partial charge in [-0.3, -0.25) is 9.80 Å². The van der Waals surface area contributed by atoms with E-state index in [9.17, 15) is 9.59 Å². The van der Waals surface area contributed by atoms with Gasteiger partial charge in [-0.25, -0.2) is 9.59 Å². The highest BCUT2D eigenvalue weighted by Gasteiger charge is 2.34. The quantitative estimate of drug-likeness (QED) is 0.348. The minimum atomic E-state index is -0.502. The van der Waals surface area contributed by atoms with Crippen molar-refractivity contribution < 1.29 is 23.8 Å². The van der Waals surface area contributed by atoms with Crippen LogP contribution in [0.1, 0.15) is 42.1 Å². The van der Waals surface area contributed by atoms with E-state index in [1.807, 2.05) is 24.3 Å². The van der Waals surface area contributed by atoms with Gasteiger partial charge in [-0.15, -0.1) is 0 Å². The van der Waals surface area contributed by atoms with Crippen molar-refractivity contribution in [3.63, 3.8) is 0 Å². The molecule has 34 heavy (non-hydrogen) atoms. The molecule has 0 radical (unpaired) electrons. The molecule has 1 aliphatic heterocycles. The third kappa shape index (κ3) is 4.86. The van der Waals surface area contributed by atoms with Crippen LogP contribution in [-0.4, -0.2) is 68.7 Å². The highest BCUT2D eigenvalue weighted by Crippen LogP contribution is 2.31. The third-order valence-corrected chi connectivity index (χ3v) is 6.48. The highest BCUT2D eigenvalue weighted by atomic mass is 16.5. The molecule has 3 aromatic rings. The number of ether oxygens (including phenoxy) is 3. The molecule has 7 heteroatoms. The molecule has 0 aliphatic carbocycles. The van der Waals surface area contributed by atoms with E-state index in [0.717, 1.165) is 33.5 Å². The van der Waals surface area contributed by atoms with Crippen molar-refractivity contribution in [1.82, 2.24) is 9.80 Å². The fraction of sp³-hybridized carbons (Fsp3) is 0.407. The molecule has 1 unspecified atom stereocenters. The first kappa shape index (κ1) is 24.0. The smallest absolute Gasteiger partial charge is 0.339 e. The van der Waals surface area contributed by atoms with Gasteiger partial charge in [0.2, 0.25) is 0 Å². The van der Waals surface area contributed by atoms with Crippen LogP contribution < -0.4 is 0 Å². The van der Waals surface area contributed by atoms with Crippen LogP contribution in [0.4, 0.5) is 4.79 Å². The molecule has 1 aliphatic rings. The lowest BCUT2D eigenvalue weighted by atomic mass is 9.91. The van der Waals surface area contributed by atoms with Crippen molar-refractivity contribution in [2.75, 3.05) is 40.8 Å². The number of carbonyl (C=O) groups excluding carboxylic acids is 2. The molecule has 1 fully saturated rings. The molecule has 180 valence electrons. The molecule has 0 aromatic heterocycles. The molecular formula is C27H32N2O5. The Morgan fingerprint density at radius 2 is 1.59 bits per heavy atom. The topological polar surface area (TPSA) is 68.3 Å². The summed E-state index contributed by atoms with van der Waals surface area (Å²) in [5.41, 5.74) is 1.66. The Labute approximate surface area is 200 Å². The summed E-state index contributed by atoms with van der Waals surface area (Å²) in [7, 11) is 3.06. The van der Waals surface area contributed by atoms with Gasteiger partial charge < -0.3 is 14.2 Å². The number of hydrogen-bond donors (Lipinski definition) is 0. The first-order valence-corrected chi connectivity index (χ1v) is 11.6. The van der Waals surface area contributed by atoms with Gasteiger partial charge in [-0.05, 0) is 57.6 Å². The molecule has 1 heterocycles. The number of benzene rings is 3. The third-order valence-electron chi connectivity index (χ3n) is 6.48. The Morgan fingerprint density at radius 3 is 2.18 bits per heavy atom. The number of methoxy groups -OCH3 is 2. The lowest BCUT2D eigenvalue weighted by Crippen LogP contribution is -2.57. The molecular weight excluding hydrogens is 432 g/mol. The van der Waals surface area contributed by atoms with E-state index in [-0.39, 0.29) is 38.6 Å². The summed E-state index contributed by atoms with van der Waals surface area (Å²) in [6, 6.07) is 16.3. The molecule has 0 bridgehead atoms. The summed E-state index contributed by atoms with van der Waals surface area (Å²) in [6.07, 6.45) is 0.467. The van der Waals surface area contributed by atoms with Crippen molar-refractivity contribution in [2.24, 2.45) is 0 Å². The molecule has 1 atom stereocenters. The van der Waals surface area contributed by atoms with Crippen LogP contribution in [0.15, 0.2) is 48.5 Å². The normalized spacial score (nSPS) is 15.8. The average Bonchev–Trinajstić information content (AvgIpc) is 2.84. The molecule has 4 rings (SSSR count). The van der Waals surface area contributed by atoms with Gasteiger partial charge >= 0.3 is 12.0 Å². The van der Waals surface area contributed by atoms with E-state index < -0.39 is 6.10 Å². The lowest BCUT2D eigenvalue weighted by molar-refractivity contribution is -0.0401. The Balaban J connectivity index is 1.70. The molecule has 0 spiro atoms. The number of carbonyl (C=O) groups is 2. The maximum atomic E-state index is 13.5. The zero-order valence-corrected chi connectivity index (χ0v) is 20.2. The second kappa shape index (κ2) is 10.4. The van der Waals surface area contributed by atoms with Crippen molar-refractivity contribution in [3.8, 4) is 0 Å². The molecule has 0 N–H and O–H groups in total. The molecule has 2 amide bonds. The van der Waals surface area contributed by atoms with Crippen molar-refractivity contribution >= 4 is 33.5 Å². The highest BCUT2D eigenvalue weighted by molar-refractivity contribution is 6.09. The summed E-state index contributed by atoms with van der Waals surface area (Å²) < 4.78 is 16.3. The Morgan fingerprint density at radius 1 is 0.971 bits per heavy atom. The standard InChI is InChI=1S/C27H32N2O5/c1-5-18(2)21-11-22-10-19-8-6-7-9-20(19)12-24(22)25(13-21)26(30)34-23-14-28(16-32-3)27(31)29(15-23)17-33-4/h6-13,18,23H,5,14-17H2,1-4H3. The van der Waals surface area contributed by atoms with Crippen molar-refractivity contribution in [2.45, 2.75) is 32.3 Å². The Hall–Kier alpha value is -3.16. The predicted molar refractivity (Wildman–Crippen MR) is 132 cm³/mol. The largest absolute Gasteiger partial charge is 0.455 e. The molecule has 1 saturated heterocycles. The number of urea groups is 1. The maximum absolute atomic E-state index is 13.5. The van der Waals surface area contributed by atoms with Gasteiger partial charge in [-0.2, -0.15) is 0 Å². The van der Waals surface area contributed by atoms with Crippen LogP contribution in [0.3, 0.4) is 0 Å². The van der Waals surface area contributed by atoms with E-state index >= 15 is 0 Å². The number of esters is 1. The minimum absolute atomic E-state index is 0.117. The fourth-order valence-electron chi connectivity index (χ4n) is 4.49. The number of amides is 2. The summed E-state index contributed by atoms with van der Waals surface area (Å²) in [6.45, 7) is 5.07. The van der Waals surface area contributed by atoms with Gasteiger partial charge in [-0.1, -0.05) is 44.2 Å². The zero-order chi connectivity index (χ0) is 24.2. The monoisotopic (exact) mass is 464 g/mol. The number of hydrogen-bond acceptors (Lipinski definition) is 5. The fourth-order valence-corrected chi connectivity index (χ4v) is 4.49. The molecule has 7 nitrogen and oxygen atoms in total. The van der Waals surface area contributed by atoms with Gasteiger partial charge in [0, 0.05) is 14.2 Å². The van der Waals surface area contributed by atoms with Crippen molar-refractivity contribution in [1.29, 1.82) is 0 Å². The van der Waals surface area contributed by atoms with E-state index in [1.165, 1.54) is 24.0 Å². The predicted octanol–water partition coefficient (Wildman–Crippen LogP) is 4.98. The number of fused-ring (bicyclic) bond motifs is 2. The Bertz CT molecular complexity index is 1180. The van der Waals surface area contributed by atoms with Crippen LogP contribution in [0.5, 0.6) is 0 Å². The van der Waals surface area contributed by atoms with Crippen LogP contribution in [-0.2, 0) is 14.2 Å². The van der Waals surface area contributed by atoms with E-state index in [0.29, 0.717) is 11.5 Å². The lowest BCUT2D eigenvalue weighted by Gasteiger charge is -2.38. The van der Waals surface area contributed by atoms with Gasteiger partial charge in [0.1, 0.15) is 19.6 Å². The van der Waals surface area contributed by atoms with Gasteiger partial charge in [0.15, 0.2) is 0 Å². The maximum Gasteiger partial charge on any atom is 0.339 e. The van der Waals surface area contributed by atoms with Crippen molar-refractivity contribution in [3.05, 3.63) is 59.7 Å². The van der Waals surface area contributed by atoms with E-state index in [1.54, 1.807) is 0 Å². The Kier molecular flexibility index (Phi) is 7.34. The van der Waals surface area contributed by atoms with Crippen LogP contribution in [0.2, 0.25) is 0 Å². The average molecular weight is 465 g/mol. The molecule has 0 saturated carbocycles. The van der Waals surface area contributed by atoms with Crippen LogP contribution >= 0.6 is 0 Å². The SMILES string of the molecule is CCC(C)c1cc(C(=O)OC2CN(COC)C(=O)N(COC)C2)c2cc3ccccc3cc2c1. The van der Waals surface area contributed by atoms with Crippen LogP contribution in [0.25, 0.3) is 21.5 Å². The first-order chi connectivity index (χ1) is 16.4. The first-order valence-electron chi connectivity index (χ1n) is 11.6. The minimum Gasteiger partial charge on any atom is -0.455 e. The second-order valence-electron chi connectivity index (χ2n) is 8.89. The summed E-state index contributed by atoms with van der Waals surface area (Å²) in [5, 5.41) is 4.09. The van der Waals surface area contributed by atoms with Gasteiger partial charge in [0.05, 0.1) is 18.7 Å². The van der Waals surface area contributed by atoms with E-state index in [4.69, 9.17) is 14.2 Å². The van der Waals surface area contributed by atoms with E-state index in [2.05, 4.69) is 38.1 Å². The van der Waals surface area contributed by atoms with Crippen LogP contribution in [0, 0.1) is 0 Å². The number of rotatable bonds is 8. The number of nitrogens with zero attached hydrogens (tertiary/aromatic N) is 2. The summed E-state index contributed by atoms with van der Waals surface area (Å²) in [4.78, 5) is 29.2.